The Morgan fingerprint density at radius 2 is 1.79 bits per heavy atom. The second-order valence-electron chi connectivity index (χ2n) is 8.02. The molecule has 0 saturated carbocycles. The third kappa shape index (κ3) is 4.93. The van der Waals surface area contributed by atoms with Gasteiger partial charge < -0.3 is 4.74 Å². The van der Waals surface area contributed by atoms with Crippen molar-refractivity contribution in [3.63, 3.8) is 0 Å². The van der Waals surface area contributed by atoms with Crippen molar-refractivity contribution in [1.82, 2.24) is 5.01 Å². The summed E-state index contributed by atoms with van der Waals surface area (Å²) >= 11 is 5.87. The van der Waals surface area contributed by atoms with Gasteiger partial charge in [-0.2, -0.15) is 5.10 Å². The van der Waals surface area contributed by atoms with Crippen LogP contribution in [0.1, 0.15) is 49.8 Å². The number of carbonyl (C=O) groups is 1. The van der Waals surface area contributed by atoms with Crippen LogP contribution in [0.2, 0.25) is 5.02 Å². The molecule has 1 aliphatic heterocycles. The number of hydrazone groups is 1. The van der Waals surface area contributed by atoms with Gasteiger partial charge in [-0.1, -0.05) is 40.9 Å². The minimum absolute atomic E-state index is 0.0316. The van der Waals surface area contributed by atoms with Crippen molar-refractivity contribution in [2.24, 2.45) is 5.10 Å². The zero-order chi connectivity index (χ0) is 20.3. The van der Waals surface area contributed by atoms with Crippen LogP contribution in [0, 0.1) is 13.8 Å². The third-order valence-electron chi connectivity index (χ3n) is 4.80. The van der Waals surface area contributed by atoms with E-state index in [1.165, 1.54) is 11.1 Å². The molecule has 1 heterocycles. The lowest BCUT2D eigenvalue weighted by atomic mass is 9.93. The number of carbonyl (C=O) groups excluding carboxylic acids is 1. The molecule has 0 aliphatic carbocycles. The van der Waals surface area contributed by atoms with E-state index in [0.29, 0.717) is 24.5 Å². The van der Waals surface area contributed by atoms with Crippen molar-refractivity contribution in [3.8, 4) is 5.75 Å². The molecule has 0 bridgehead atoms. The molecule has 0 atom stereocenters. The summed E-state index contributed by atoms with van der Waals surface area (Å²) in [5, 5.41) is 7.02. The van der Waals surface area contributed by atoms with Gasteiger partial charge in [0.15, 0.2) is 0 Å². The quantitative estimate of drug-likeness (QED) is 0.600. The SMILES string of the molecule is Cc1cc(C)cc(C2=NN(C(=O)CCCOc3ccc(Cl)cc3)C(C)(C)C2)c1. The molecular weight excluding hydrogens is 372 g/mol. The molecular formula is C23H27ClN2O2. The van der Waals surface area contributed by atoms with Crippen molar-refractivity contribution < 1.29 is 9.53 Å². The molecule has 1 aliphatic rings. The minimum atomic E-state index is -0.318. The largest absolute Gasteiger partial charge is 0.494 e. The van der Waals surface area contributed by atoms with Crippen LogP contribution in [0.3, 0.4) is 0 Å². The molecule has 4 nitrogen and oxygen atoms in total. The van der Waals surface area contributed by atoms with Crippen LogP contribution in [0.15, 0.2) is 47.6 Å². The normalized spacial score (nSPS) is 15.5. The second-order valence-corrected chi connectivity index (χ2v) is 8.46. The van der Waals surface area contributed by atoms with Crippen LogP contribution in [-0.2, 0) is 4.79 Å². The maximum absolute atomic E-state index is 12.8. The monoisotopic (exact) mass is 398 g/mol. The van der Waals surface area contributed by atoms with E-state index in [-0.39, 0.29) is 11.4 Å². The number of amides is 1. The Balaban J connectivity index is 1.60. The fourth-order valence-electron chi connectivity index (χ4n) is 3.52. The third-order valence-corrected chi connectivity index (χ3v) is 5.05. The molecule has 2 aromatic rings. The molecule has 2 aromatic carbocycles. The molecule has 3 rings (SSSR count). The van der Waals surface area contributed by atoms with Crippen molar-refractivity contribution >= 4 is 23.2 Å². The van der Waals surface area contributed by atoms with E-state index in [9.17, 15) is 4.79 Å². The molecule has 5 heteroatoms. The van der Waals surface area contributed by atoms with E-state index in [0.717, 1.165) is 23.4 Å². The molecule has 28 heavy (non-hydrogen) atoms. The second kappa shape index (κ2) is 8.36. The van der Waals surface area contributed by atoms with Crippen LogP contribution in [0.4, 0.5) is 0 Å². The van der Waals surface area contributed by atoms with Crippen molar-refractivity contribution in [3.05, 3.63) is 64.2 Å². The van der Waals surface area contributed by atoms with Gasteiger partial charge in [0.1, 0.15) is 5.75 Å². The van der Waals surface area contributed by atoms with Gasteiger partial charge in [-0.25, -0.2) is 5.01 Å². The molecule has 0 N–H and O–H groups in total. The first kappa shape index (κ1) is 20.4. The van der Waals surface area contributed by atoms with Gasteiger partial charge in [-0.3, -0.25) is 4.79 Å². The van der Waals surface area contributed by atoms with Gasteiger partial charge in [0.05, 0.1) is 17.9 Å². The van der Waals surface area contributed by atoms with Crippen molar-refractivity contribution in [1.29, 1.82) is 0 Å². The Kier molecular flexibility index (Phi) is 6.09. The number of nitrogens with zero attached hydrogens (tertiary/aromatic N) is 2. The summed E-state index contributed by atoms with van der Waals surface area (Å²) in [4.78, 5) is 12.8. The van der Waals surface area contributed by atoms with Gasteiger partial charge in [0.2, 0.25) is 5.91 Å². The number of hydrogen-bond donors (Lipinski definition) is 0. The Labute approximate surface area is 172 Å². The lowest BCUT2D eigenvalue weighted by Gasteiger charge is -2.28. The summed E-state index contributed by atoms with van der Waals surface area (Å²) in [5.74, 6) is 0.789. The fraction of sp³-hybridized carbons (Fsp3) is 0.391. The van der Waals surface area contributed by atoms with Crippen LogP contribution in [0.25, 0.3) is 0 Å². The summed E-state index contributed by atoms with van der Waals surface area (Å²) in [5.41, 5.74) is 4.18. The van der Waals surface area contributed by atoms with Gasteiger partial charge in [0.25, 0.3) is 0 Å². The van der Waals surface area contributed by atoms with E-state index < -0.39 is 0 Å². The van der Waals surface area contributed by atoms with E-state index in [1.54, 1.807) is 17.1 Å². The van der Waals surface area contributed by atoms with Crippen LogP contribution in [0.5, 0.6) is 5.75 Å². The maximum Gasteiger partial charge on any atom is 0.243 e. The predicted molar refractivity (Wildman–Crippen MR) is 114 cm³/mol. The first-order valence-electron chi connectivity index (χ1n) is 9.62. The Bertz CT molecular complexity index is 868. The summed E-state index contributed by atoms with van der Waals surface area (Å²) < 4.78 is 5.68. The Morgan fingerprint density at radius 1 is 1.14 bits per heavy atom. The standard InChI is InChI=1S/C23H27ClN2O2/c1-16-12-17(2)14-18(13-16)21-15-23(3,4)26(25-21)22(27)6-5-11-28-20-9-7-19(24)8-10-20/h7-10,12-14H,5-6,11,15H2,1-4H3. The van der Waals surface area contributed by atoms with Crippen molar-refractivity contribution in [2.75, 3.05) is 6.61 Å². The van der Waals surface area contributed by atoms with E-state index in [1.807, 2.05) is 12.1 Å². The highest BCUT2D eigenvalue weighted by molar-refractivity contribution is 6.30. The summed E-state index contributed by atoms with van der Waals surface area (Å²) in [6.07, 6.45) is 1.80. The molecule has 0 unspecified atom stereocenters. The Morgan fingerprint density at radius 3 is 2.43 bits per heavy atom. The van der Waals surface area contributed by atoms with Gasteiger partial charge >= 0.3 is 0 Å². The zero-order valence-electron chi connectivity index (χ0n) is 17.0. The Hall–Kier alpha value is -2.33. The van der Waals surface area contributed by atoms with Gasteiger partial charge in [0, 0.05) is 17.9 Å². The maximum atomic E-state index is 12.8. The number of aryl methyl sites for hydroxylation is 2. The van der Waals surface area contributed by atoms with Crippen molar-refractivity contribution in [2.45, 2.75) is 52.5 Å². The smallest absolute Gasteiger partial charge is 0.243 e. The molecule has 1 amide bonds. The number of benzene rings is 2. The van der Waals surface area contributed by atoms with Crippen LogP contribution >= 0.6 is 11.6 Å². The van der Waals surface area contributed by atoms with E-state index in [2.05, 4.69) is 51.0 Å². The minimum Gasteiger partial charge on any atom is -0.494 e. The molecule has 0 saturated heterocycles. The van der Waals surface area contributed by atoms with E-state index in [4.69, 9.17) is 16.3 Å². The lowest BCUT2D eigenvalue weighted by Crippen LogP contribution is -2.40. The zero-order valence-corrected chi connectivity index (χ0v) is 17.7. The topological polar surface area (TPSA) is 41.9 Å². The average molecular weight is 399 g/mol. The van der Waals surface area contributed by atoms with Gasteiger partial charge in [-0.05, 0) is 63.9 Å². The fourth-order valence-corrected chi connectivity index (χ4v) is 3.65. The summed E-state index contributed by atoms with van der Waals surface area (Å²) in [7, 11) is 0. The molecule has 0 radical (unpaired) electrons. The predicted octanol–water partition coefficient (Wildman–Crippen LogP) is 5.53. The average Bonchev–Trinajstić information content (AvgIpc) is 2.95. The number of ether oxygens (including phenoxy) is 1. The highest BCUT2D eigenvalue weighted by Gasteiger charge is 2.38. The molecule has 0 spiro atoms. The highest BCUT2D eigenvalue weighted by Crippen LogP contribution is 2.31. The first-order chi connectivity index (χ1) is 13.2. The summed E-state index contributed by atoms with van der Waals surface area (Å²) in [6, 6.07) is 13.7. The number of halogens is 1. The van der Waals surface area contributed by atoms with Crippen LogP contribution in [-0.4, -0.2) is 28.8 Å². The summed E-state index contributed by atoms with van der Waals surface area (Å²) in [6.45, 7) is 8.78. The highest BCUT2D eigenvalue weighted by atomic mass is 35.5. The van der Waals surface area contributed by atoms with Gasteiger partial charge in [-0.15, -0.1) is 0 Å². The van der Waals surface area contributed by atoms with Crippen LogP contribution < -0.4 is 4.74 Å². The molecule has 148 valence electrons. The molecule has 0 aromatic heterocycles. The lowest BCUT2D eigenvalue weighted by molar-refractivity contribution is -0.135. The number of rotatable bonds is 6. The molecule has 0 fully saturated rings. The van der Waals surface area contributed by atoms with E-state index >= 15 is 0 Å². The number of hydrogen-bond acceptors (Lipinski definition) is 3. The first-order valence-corrected chi connectivity index (χ1v) is 10.00.